The van der Waals surface area contributed by atoms with Crippen LogP contribution in [0.3, 0.4) is 0 Å². The molecule has 1 aromatic rings. The normalized spacial score (nSPS) is 9.92. The van der Waals surface area contributed by atoms with Gasteiger partial charge >= 0.3 is 0 Å². The van der Waals surface area contributed by atoms with Crippen LogP contribution in [0.1, 0.15) is 10.4 Å². The van der Waals surface area contributed by atoms with Gasteiger partial charge in [-0.25, -0.2) is 0 Å². The van der Waals surface area contributed by atoms with E-state index >= 15 is 0 Å². The van der Waals surface area contributed by atoms with Gasteiger partial charge in [-0.15, -0.1) is 12.6 Å². The highest BCUT2D eigenvalue weighted by molar-refractivity contribution is 7.80. The van der Waals surface area contributed by atoms with Gasteiger partial charge in [-0.05, 0) is 12.1 Å². The minimum atomic E-state index is -0.571. The summed E-state index contributed by atoms with van der Waals surface area (Å²) in [7, 11) is 0. The number of carbonyl (C=O) groups excluding carboxylic acids is 1. The van der Waals surface area contributed by atoms with Crippen molar-refractivity contribution in [2.75, 3.05) is 0 Å². The Labute approximate surface area is 85.1 Å². The summed E-state index contributed by atoms with van der Waals surface area (Å²) >= 11 is 15.4. The van der Waals surface area contributed by atoms with E-state index in [0.29, 0.717) is 9.92 Å². The third-order valence-corrected chi connectivity index (χ3v) is 2.74. The highest BCUT2D eigenvalue weighted by Gasteiger charge is 2.10. The topological polar surface area (TPSA) is 43.1 Å². The maximum absolute atomic E-state index is 10.8. The summed E-state index contributed by atoms with van der Waals surface area (Å²) in [6.45, 7) is 0. The lowest BCUT2D eigenvalue weighted by Crippen LogP contribution is -2.11. The summed E-state index contributed by atoms with van der Waals surface area (Å²) < 4.78 is 0. The molecule has 5 heteroatoms. The van der Waals surface area contributed by atoms with Crippen molar-refractivity contribution in [1.82, 2.24) is 0 Å². The molecular weight excluding hydrogens is 217 g/mol. The fourth-order valence-electron chi connectivity index (χ4n) is 0.739. The molecule has 1 amide bonds. The van der Waals surface area contributed by atoms with Crippen LogP contribution in [0, 0.1) is 0 Å². The highest BCUT2D eigenvalue weighted by Crippen LogP contribution is 2.30. The van der Waals surface area contributed by atoms with Gasteiger partial charge in [-0.2, -0.15) is 0 Å². The van der Waals surface area contributed by atoms with Gasteiger partial charge in [0.1, 0.15) is 0 Å². The lowest BCUT2D eigenvalue weighted by Gasteiger charge is -2.03. The minimum Gasteiger partial charge on any atom is -0.366 e. The van der Waals surface area contributed by atoms with Gasteiger partial charge < -0.3 is 5.73 Å². The second kappa shape index (κ2) is 3.56. The Morgan fingerprint density at radius 2 is 2.00 bits per heavy atom. The lowest BCUT2D eigenvalue weighted by atomic mass is 10.2. The van der Waals surface area contributed by atoms with Crippen molar-refractivity contribution in [3.8, 4) is 0 Å². The largest absolute Gasteiger partial charge is 0.366 e. The van der Waals surface area contributed by atoms with E-state index in [1.54, 1.807) is 0 Å². The smallest absolute Gasteiger partial charge is 0.249 e. The molecule has 64 valence electrons. The number of rotatable bonds is 1. The molecule has 0 heterocycles. The summed E-state index contributed by atoms with van der Waals surface area (Å²) in [5.41, 5.74) is 5.32. The van der Waals surface area contributed by atoms with Crippen molar-refractivity contribution in [2.45, 2.75) is 4.90 Å². The summed E-state index contributed by atoms with van der Waals surface area (Å²) in [6, 6.07) is 2.99. The molecule has 2 nitrogen and oxygen atoms in total. The molecule has 1 aromatic carbocycles. The van der Waals surface area contributed by atoms with E-state index in [1.165, 1.54) is 12.1 Å². The maximum atomic E-state index is 10.8. The van der Waals surface area contributed by atoms with Gasteiger partial charge in [0.25, 0.3) is 0 Å². The van der Waals surface area contributed by atoms with E-state index < -0.39 is 5.91 Å². The van der Waals surface area contributed by atoms with Crippen LogP contribution in [0.25, 0.3) is 0 Å². The molecule has 0 aliphatic heterocycles. The second-order valence-electron chi connectivity index (χ2n) is 2.12. The number of primary amides is 1. The Balaban J connectivity index is 3.36. The van der Waals surface area contributed by atoms with Crippen molar-refractivity contribution in [1.29, 1.82) is 0 Å². The van der Waals surface area contributed by atoms with Crippen LogP contribution in [-0.4, -0.2) is 5.91 Å². The number of nitrogens with two attached hydrogens (primary N) is 1. The van der Waals surface area contributed by atoms with Gasteiger partial charge in [0.05, 0.1) is 15.6 Å². The molecule has 0 bridgehead atoms. The number of thiol groups is 1. The number of hydrogen-bond acceptors (Lipinski definition) is 2. The number of benzene rings is 1. The summed E-state index contributed by atoms with van der Waals surface area (Å²) in [6.07, 6.45) is 0. The zero-order valence-electron chi connectivity index (χ0n) is 5.84. The van der Waals surface area contributed by atoms with Crippen LogP contribution in [0.5, 0.6) is 0 Å². The number of halogens is 2. The first kappa shape index (κ1) is 9.71. The summed E-state index contributed by atoms with van der Waals surface area (Å²) in [4.78, 5) is 11.1. The van der Waals surface area contributed by atoms with Crippen LogP contribution in [0.2, 0.25) is 10.0 Å². The third-order valence-electron chi connectivity index (χ3n) is 1.33. The van der Waals surface area contributed by atoms with E-state index in [1.807, 2.05) is 0 Å². The number of amides is 1. The van der Waals surface area contributed by atoms with Gasteiger partial charge in [-0.3, -0.25) is 4.79 Å². The zero-order valence-corrected chi connectivity index (χ0v) is 8.25. The van der Waals surface area contributed by atoms with E-state index in [9.17, 15) is 4.79 Å². The molecule has 0 saturated heterocycles. The van der Waals surface area contributed by atoms with Crippen LogP contribution >= 0.6 is 35.8 Å². The van der Waals surface area contributed by atoms with Crippen LogP contribution < -0.4 is 5.73 Å². The van der Waals surface area contributed by atoms with Crippen molar-refractivity contribution >= 4 is 41.7 Å². The Morgan fingerprint density at radius 1 is 1.42 bits per heavy atom. The first-order valence-corrected chi connectivity index (χ1v) is 4.21. The molecule has 2 N–H and O–H groups in total. The average Bonchev–Trinajstić information content (AvgIpc) is 2.00. The van der Waals surface area contributed by atoms with Gasteiger partial charge in [-0.1, -0.05) is 23.2 Å². The Hall–Kier alpha value is -0.380. The molecule has 0 atom stereocenters. The maximum Gasteiger partial charge on any atom is 0.249 e. The molecule has 0 fully saturated rings. The fraction of sp³-hybridized carbons (Fsp3) is 0. The van der Waals surface area contributed by atoms with E-state index in [0.717, 1.165) is 0 Å². The predicted molar refractivity (Wildman–Crippen MR) is 52.2 cm³/mol. The van der Waals surface area contributed by atoms with Crippen LogP contribution in [0.4, 0.5) is 0 Å². The van der Waals surface area contributed by atoms with Gasteiger partial charge in [0, 0.05) is 4.90 Å². The van der Waals surface area contributed by atoms with Crippen molar-refractivity contribution < 1.29 is 4.79 Å². The van der Waals surface area contributed by atoms with E-state index in [4.69, 9.17) is 28.9 Å². The predicted octanol–water partition coefficient (Wildman–Crippen LogP) is 2.38. The highest BCUT2D eigenvalue weighted by atomic mass is 35.5. The second-order valence-corrected chi connectivity index (χ2v) is 3.35. The van der Waals surface area contributed by atoms with Crippen molar-refractivity contribution in [3.63, 3.8) is 0 Å². The molecule has 0 aromatic heterocycles. The first-order chi connectivity index (χ1) is 5.54. The third kappa shape index (κ3) is 1.68. The Morgan fingerprint density at radius 3 is 2.50 bits per heavy atom. The zero-order chi connectivity index (χ0) is 9.30. The molecule has 0 radical (unpaired) electrons. The first-order valence-electron chi connectivity index (χ1n) is 3.01. The molecule has 1 rings (SSSR count). The molecule has 0 unspecified atom stereocenters. The number of hydrogen-bond donors (Lipinski definition) is 2. The Kier molecular flexibility index (Phi) is 2.88. The molecule has 0 spiro atoms. The van der Waals surface area contributed by atoms with E-state index in [-0.39, 0.29) is 10.6 Å². The SMILES string of the molecule is NC(=O)c1ccc(Cl)c(Cl)c1S. The standard InChI is InChI=1S/C7H5Cl2NOS/c8-4-2-1-3(7(10)11)6(12)5(4)9/h1-2,12H,(H2,10,11). The molecule has 0 aliphatic carbocycles. The number of carbonyl (C=O) groups is 1. The van der Waals surface area contributed by atoms with Gasteiger partial charge in [0.2, 0.25) is 5.91 Å². The molecule has 0 aliphatic rings. The van der Waals surface area contributed by atoms with E-state index in [2.05, 4.69) is 12.6 Å². The summed E-state index contributed by atoms with van der Waals surface area (Å²) in [5.74, 6) is -0.571. The van der Waals surface area contributed by atoms with Crippen molar-refractivity contribution in [2.24, 2.45) is 5.73 Å². The monoisotopic (exact) mass is 221 g/mol. The lowest BCUT2D eigenvalue weighted by molar-refractivity contribution is 0.0997. The van der Waals surface area contributed by atoms with Crippen LogP contribution in [-0.2, 0) is 0 Å². The fourth-order valence-corrected chi connectivity index (χ4v) is 1.43. The summed E-state index contributed by atoms with van der Waals surface area (Å²) in [5, 5.41) is 0.600. The minimum absolute atomic E-state index is 0.247. The molecule has 12 heavy (non-hydrogen) atoms. The molecule has 0 saturated carbocycles. The van der Waals surface area contributed by atoms with Crippen LogP contribution in [0.15, 0.2) is 17.0 Å². The molecular formula is C7H5Cl2NOS. The average molecular weight is 222 g/mol. The van der Waals surface area contributed by atoms with Gasteiger partial charge in [0.15, 0.2) is 0 Å². The van der Waals surface area contributed by atoms with Crippen molar-refractivity contribution in [3.05, 3.63) is 27.7 Å². The Bertz CT molecular complexity index is 340. The quantitative estimate of drug-likeness (QED) is 0.704.